The number of benzene rings is 1. The number of furan rings is 1. The Morgan fingerprint density at radius 2 is 2.12 bits per heavy atom. The van der Waals surface area contributed by atoms with Crippen molar-refractivity contribution in [2.75, 3.05) is 5.32 Å². The number of para-hydroxylation sites is 1. The fourth-order valence-electron chi connectivity index (χ4n) is 2.11. The number of aromatic carboxylic acids is 1. The third kappa shape index (κ3) is 3.77. The molecule has 24 heavy (non-hydrogen) atoms. The van der Waals surface area contributed by atoms with E-state index in [0.29, 0.717) is 22.4 Å². The molecule has 3 rings (SSSR count). The first-order valence-corrected chi connectivity index (χ1v) is 8.94. The summed E-state index contributed by atoms with van der Waals surface area (Å²) in [7, 11) is 0. The van der Waals surface area contributed by atoms with Crippen LogP contribution in [0, 0.1) is 13.8 Å². The number of carbonyl (C=O) groups is 1. The zero-order valence-electron chi connectivity index (χ0n) is 13.1. The standard InChI is InChI=1S/C16H15N3O3S2/c1-9-5-3-4-6-13(9)17-15-18-19-16(24-15)23-8-11-7-12(14(20)21)10(2)22-11/h3-7H,8H2,1-2H3,(H,17,18)(H,20,21). The number of anilines is 2. The van der Waals surface area contributed by atoms with Crippen molar-refractivity contribution in [3.8, 4) is 0 Å². The monoisotopic (exact) mass is 361 g/mol. The van der Waals surface area contributed by atoms with Gasteiger partial charge in [-0.3, -0.25) is 0 Å². The van der Waals surface area contributed by atoms with Crippen LogP contribution >= 0.6 is 23.1 Å². The summed E-state index contributed by atoms with van der Waals surface area (Å²) in [5.74, 6) is 0.552. The third-order valence-electron chi connectivity index (χ3n) is 3.33. The Labute approximate surface area is 146 Å². The maximum atomic E-state index is 11.0. The van der Waals surface area contributed by atoms with Gasteiger partial charge in [-0.15, -0.1) is 10.2 Å². The highest BCUT2D eigenvalue weighted by Crippen LogP contribution is 2.31. The topological polar surface area (TPSA) is 88.2 Å². The van der Waals surface area contributed by atoms with Gasteiger partial charge in [0.15, 0.2) is 4.34 Å². The van der Waals surface area contributed by atoms with Crippen molar-refractivity contribution in [3.05, 3.63) is 53.0 Å². The molecule has 0 saturated heterocycles. The quantitative estimate of drug-likeness (QED) is 0.626. The summed E-state index contributed by atoms with van der Waals surface area (Å²) in [5.41, 5.74) is 2.33. The fraction of sp³-hybridized carbons (Fsp3) is 0.188. The van der Waals surface area contributed by atoms with Crippen molar-refractivity contribution in [3.63, 3.8) is 0 Å². The van der Waals surface area contributed by atoms with Crippen LogP contribution in [0.2, 0.25) is 0 Å². The SMILES string of the molecule is Cc1ccccc1Nc1nnc(SCc2cc(C(=O)O)c(C)o2)s1. The van der Waals surface area contributed by atoms with Crippen molar-refractivity contribution in [1.29, 1.82) is 0 Å². The smallest absolute Gasteiger partial charge is 0.339 e. The summed E-state index contributed by atoms with van der Waals surface area (Å²) in [6.45, 7) is 3.67. The second-order valence-electron chi connectivity index (χ2n) is 5.09. The number of aryl methyl sites for hydroxylation is 2. The van der Waals surface area contributed by atoms with Crippen LogP contribution in [-0.2, 0) is 5.75 Å². The Hall–Kier alpha value is -2.32. The van der Waals surface area contributed by atoms with Gasteiger partial charge >= 0.3 is 5.97 Å². The second kappa shape index (κ2) is 7.06. The van der Waals surface area contributed by atoms with E-state index in [1.165, 1.54) is 23.1 Å². The lowest BCUT2D eigenvalue weighted by Gasteiger charge is -2.04. The van der Waals surface area contributed by atoms with Crippen molar-refractivity contribution in [2.45, 2.75) is 23.9 Å². The van der Waals surface area contributed by atoms with Crippen molar-refractivity contribution in [1.82, 2.24) is 10.2 Å². The van der Waals surface area contributed by atoms with Gasteiger partial charge < -0.3 is 14.8 Å². The van der Waals surface area contributed by atoms with Crippen LogP contribution in [-0.4, -0.2) is 21.3 Å². The van der Waals surface area contributed by atoms with Gasteiger partial charge in [0.05, 0.1) is 5.75 Å². The summed E-state index contributed by atoms with van der Waals surface area (Å²) in [5, 5.41) is 21.3. The molecule has 0 aliphatic heterocycles. The summed E-state index contributed by atoms with van der Waals surface area (Å²) in [4.78, 5) is 11.0. The van der Waals surface area contributed by atoms with E-state index in [0.717, 1.165) is 15.6 Å². The number of carboxylic acids is 1. The van der Waals surface area contributed by atoms with Gasteiger partial charge in [0, 0.05) is 5.69 Å². The van der Waals surface area contributed by atoms with Crippen LogP contribution in [0.3, 0.4) is 0 Å². The molecular weight excluding hydrogens is 346 g/mol. The molecule has 1 aromatic carbocycles. The van der Waals surface area contributed by atoms with E-state index in [1.807, 2.05) is 31.2 Å². The number of hydrogen-bond acceptors (Lipinski definition) is 7. The maximum absolute atomic E-state index is 11.0. The van der Waals surface area contributed by atoms with E-state index in [9.17, 15) is 4.79 Å². The highest BCUT2D eigenvalue weighted by Gasteiger charge is 2.14. The number of nitrogens with zero attached hydrogens (tertiary/aromatic N) is 2. The van der Waals surface area contributed by atoms with Crippen LogP contribution in [0.15, 0.2) is 39.1 Å². The molecule has 6 nitrogen and oxygen atoms in total. The average molecular weight is 361 g/mol. The zero-order chi connectivity index (χ0) is 17.1. The minimum Gasteiger partial charge on any atom is -0.478 e. The van der Waals surface area contributed by atoms with Gasteiger partial charge in [-0.1, -0.05) is 41.3 Å². The normalized spacial score (nSPS) is 10.8. The van der Waals surface area contributed by atoms with Gasteiger partial charge in [-0.25, -0.2) is 4.79 Å². The number of thioether (sulfide) groups is 1. The predicted octanol–water partition coefficient (Wildman–Crippen LogP) is 4.48. The fourth-order valence-corrected chi connectivity index (χ4v) is 3.75. The predicted molar refractivity (Wildman–Crippen MR) is 94.3 cm³/mol. The van der Waals surface area contributed by atoms with E-state index in [-0.39, 0.29) is 5.56 Å². The van der Waals surface area contributed by atoms with E-state index < -0.39 is 5.97 Å². The number of aromatic nitrogens is 2. The summed E-state index contributed by atoms with van der Waals surface area (Å²) >= 11 is 2.91. The molecule has 0 radical (unpaired) electrons. The number of nitrogens with one attached hydrogen (secondary N) is 1. The van der Waals surface area contributed by atoms with Gasteiger partial charge in [0.25, 0.3) is 0 Å². The molecule has 0 saturated carbocycles. The van der Waals surface area contributed by atoms with E-state index in [4.69, 9.17) is 9.52 Å². The first-order valence-electron chi connectivity index (χ1n) is 7.14. The summed E-state index contributed by atoms with van der Waals surface area (Å²) < 4.78 is 6.24. The molecule has 0 fully saturated rings. The van der Waals surface area contributed by atoms with Crippen LogP contribution < -0.4 is 5.32 Å². The largest absolute Gasteiger partial charge is 0.478 e. The molecule has 0 spiro atoms. The Bertz CT molecular complexity index is 873. The maximum Gasteiger partial charge on any atom is 0.339 e. The van der Waals surface area contributed by atoms with E-state index >= 15 is 0 Å². The van der Waals surface area contributed by atoms with E-state index in [1.54, 1.807) is 13.0 Å². The molecule has 2 aromatic heterocycles. The van der Waals surface area contributed by atoms with Crippen molar-refractivity contribution < 1.29 is 14.3 Å². The first-order chi connectivity index (χ1) is 11.5. The molecule has 124 valence electrons. The lowest BCUT2D eigenvalue weighted by Crippen LogP contribution is -1.94. The molecule has 8 heteroatoms. The van der Waals surface area contributed by atoms with Crippen molar-refractivity contribution in [2.24, 2.45) is 0 Å². The lowest BCUT2D eigenvalue weighted by atomic mass is 10.2. The summed E-state index contributed by atoms with van der Waals surface area (Å²) in [6, 6.07) is 9.52. The second-order valence-corrected chi connectivity index (χ2v) is 7.29. The highest BCUT2D eigenvalue weighted by molar-refractivity contribution is 8.00. The lowest BCUT2D eigenvalue weighted by molar-refractivity contribution is 0.0695. The molecule has 2 heterocycles. The Morgan fingerprint density at radius 1 is 1.33 bits per heavy atom. The van der Waals surface area contributed by atoms with Gasteiger partial charge in [0.2, 0.25) is 5.13 Å². The molecule has 0 bridgehead atoms. The van der Waals surface area contributed by atoms with Gasteiger partial charge in [-0.05, 0) is 31.5 Å². The van der Waals surface area contributed by atoms with Crippen molar-refractivity contribution >= 4 is 39.9 Å². The van der Waals surface area contributed by atoms with Crippen LogP contribution in [0.25, 0.3) is 0 Å². The number of rotatable bonds is 6. The Balaban J connectivity index is 1.63. The summed E-state index contributed by atoms with van der Waals surface area (Å²) in [6.07, 6.45) is 0. The molecule has 0 aliphatic rings. The van der Waals surface area contributed by atoms with Gasteiger partial charge in [-0.2, -0.15) is 0 Å². The van der Waals surface area contributed by atoms with Gasteiger partial charge in [0.1, 0.15) is 17.1 Å². The number of hydrogen-bond donors (Lipinski definition) is 2. The molecule has 0 amide bonds. The molecule has 2 N–H and O–H groups in total. The van der Waals surface area contributed by atoms with Crippen LogP contribution in [0.1, 0.15) is 27.4 Å². The molecule has 3 aromatic rings. The number of carboxylic acid groups (broad SMARTS) is 1. The molecule has 0 atom stereocenters. The first kappa shape index (κ1) is 16.5. The Morgan fingerprint density at radius 3 is 2.83 bits per heavy atom. The van der Waals surface area contributed by atoms with E-state index in [2.05, 4.69) is 15.5 Å². The minimum atomic E-state index is -0.979. The molecule has 0 aliphatic carbocycles. The van der Waals surface area contributed by atoms with Crippen LogP contribution in [0.4, 0.5) is 10.8 Å². The highest BCUT2D eigenvalue weighted by atomic mass is 32.2. The third-order valence-corrected chi connectivity index (χ3v) is 5.32. The van der Waals surface area contributed by atoms with Crippen LogP contribution in [0.5, 0.6) is 0 Å². The zero-order valence-corrected chi connectivity index (χ0v) is 14.7. The molecular formula is C16H15N3O3S2. The molecule has 0 unspecified atom stereocenters. The average Bonchev–Trinajstić information content (AvgIpc) is 3.14. The Kier molecular flexibility index (Phi) is 4.86. The minimum absolute atomic E-state index is 0.199.